The summed E-state index contributed by atoms with van der Waals surface area (Å²) >= 11 is 0. The van der Waals surface area contributed by atoms with Gasteiger partial charge in [-0.1, -0.05) is 12.1 Å². The molecule has 1 aromatic carbocycles. The zero-order valence-electron chi connectivity index (χ0n) is 15.9. The van der Waals surface area contributed by atoms with Crippen molar-refractivity contribution in [3.63, 3.8) is 0 Å². The molecule has 0 atom stereocenters. The number of benzene rings is 1. The molecule has 0 N–H and O–H groups in total. The van der Waals surface area contributed by atoms with Crippen LogP contribution < -0.4 is 0 Å². The molecule has 1 amide bonds. The number of hydrogen-bond donors (Lipinski definition) is 0. The van der Waals surface area contributed by atoms with Crippen molar-refractivity contribution < 1.29 is 27.5 Å². The van der Waals surface area contributed by atoms with Crippen molar-refractivity contribution in [1.29, 1.82) is 0 Å². The number of ether oxygens (including phenoxy) is 2. The predicted molar refractivity (Wildman–Crippen MR) is 98.7 cm³/mol. The van der Waals surface area contributed by atoms with Crippen LogP contribution in [0, 0.1) is 13.8 Å². The molecule has 0 unspecified atom stereocenters. The highest BCUT2D eigenvalue weighted by Gasteiger charge is 2.31. The molecule has 1 heterocycles. The molecule has 1 aliphatic rings. The van der Waals surface area contributed by atoms with Gasteiger partial charge in [0.2, 0.25) is 10.0 Å². The summed E-state index contributed by atoms with van der Waals surface area (Å²) in [5, 5.41) is 0. The lowest BCUT2D eigenvalue weighted by atomic mass is 10.2. The lowest BCUT2D eigenvalue weighted by molar-refractivity contribution is -0.156. The Balaban J connectivity index is 1.91. The Hall–Kier alpha value is -1.97. The Labute approximate surface area is 160 Å². The molecule has 1 aliphatic heterocycles. The van der Waals surface area contributed by atoms with Crippen molar-refractivity contribution >= 4 is 21.9 Å². The van der Waals surface area contributed by atoms with Gasteiger partial charge in [0.1, 0.15) is 6.61 Å². The second kappa shape index (κ2) is 9.29. The number of esters is 1. The molecule has 1 aromatic rings. The van der Waals surface area contributed by atoms with Crippen molar-refractivity contribution in [2.24, 2.45) is 0 Å². The van der Waals surface area contributed by atoms with Crippen molar-refractivity contribution in [3.05, 3.63) is 29.3 Å². The molecular formula is C18H26N2O6S. The zero-order chi connectivity index (χ0) is 20.0. The number of carbonyl (C=O) groups is 2. The molecule has 8 nitrogen and oxygen atoms in total. The Morgan fingerprint density at radius 3 is 2.37 bits per heavy atom. The summed E-state index contributed by atoms with van der Waals surface area (Å²) in [5.41, 5.74) is 1.57. The van der Waals surface area contributed by atoms with E-state index in [-0.39, 0.29) is 45.3 Å². The van der Waals surface area contributed by atoms with E-state index in [1.165, 1.54) is 9.21 Å². The van der Waals surface area contributed by atoms with Crippen molar-refractivity contribution in [2.75, 3.05) is 46.0 Å². The second-order valence-electron chi connectivity index (χ2n) is 6.35. The van der Waals surface area contributed by atoms with Crippen LogP contribution in [-0.2, 0) is 29.1 Å². The summed E-state index contributed by atoms with van der Waals surface area (Å²) in [6.07, 6.45) is 0. The summed E-state index contributed by atoms with van der Waals surface area (Å²) < 4.78 is 36.9. The van der Waals surface area contributed by atoms with E-state index in [9.17, 15) is 18.0 Å². The van der Waals surface area contributed by atoms with E-state index in [0.29, 0.717) is 17.1 Å². The van der Waals surface area contributed by atoms with E-state index in [1.54, 1.807) is 26.0 Å². The highest BCUT2D eigenvalue weighted by atomic mass is 32.2. The SMILES string of the molecule is CCOCC(=O)OCC(=O)N1CCN(S(=O)(=O)c2cc(C)ccc2C)CC1. The fourth-order valence-corrected chi connectivity index (χ4v) is 4.49. The van der Waals surface area contributed by atoms with E-state index in [0.717, 1.165) is 5.56 Å². The third-order valence-electron chi connectivity index (χ3n) is 4.33. The molecule has 0 spiro atoms. The third kappa shape index (κ3) is 5.50. The predicted octanol–water partition coefficient (Wildman–Crippen LogP) is 0.716. The molecule has 1 saturated heterocycles. The van der Waals surface area contributed by atoms with Crippen LogP contribution in [-0.4, -0.2) is 75.5 Å². The number of aryl methyl sites for hydroxylation is 2. The van der Waals surface area contributed by atoms with Gasteiger partial charge in [0.15, 0.2) is 6.61 Å². The van der Waals surface area contributed by atoms with Crippen LogP contribution in [0.25, 0.3) is 0 Å². The Kier molecular flexibility index (Phi) is 7.34. The maximum Gasteiger partial charge on any atom is 0.332 e. The van der Waals surface area contributed by atoms with Crippen LogP contribution in [0.3, 0.4) is 0 Å². The quantitative estimate of drug-likeness (QED) is 0.628. The van der Waals surface area contributed by atoms with Crippen molar-refractivity contribution in [2.45, 2.75) is 25.7 Å². The van der Waals surface area contributed by atoms with Gasteiger partial charge >= 0.3 is 5.97 Å². The topological polar surface area (TPSA) is 93.2 Å². The monoisotopic (exact) mass is 398 g/mol. The number of sulfonamides is 1. The molecule has 0 radical (unpaired) electrons. The average Bonchev–Trinajstić information content (AvgIpc) is 2.66. The molecule has 1 fully saturated rings. The van der Waals surface area contributed by atoms with Crippen molar-refractivity contribution in [1.82, 2.24) is 9.21 Å². The average molecular weight is 398 g/mol. The Morgan fingerprint density at radius 2 is 1.74 bits per heavy atom. The van der Waals surface area contributed by atoms with Crippen molar-refractivity contribution in [3.8, 4) is 0 Å². The Morgan fingerprint density at radius 1 is 1.07 bits per heavy atom. The van der Waals surface area contributed by atoms with Gasteiger partial charge < -0.3 is 14.4 Å². The maximum absolute atomic E-state index is 12.9. The number of hydrogen-bond acceptors (Lipinski definition) is 6. The summed E-state index contributed by atoms with van der Waals surface area (Å²) in [5.74, 6) is -0.940. The molecule has 0 aromatic heterocycles. The lowest BCUT2D eigenvalue weighted by Gasteiger charge is -2.34. The van der Waals surface area contributed by atoms with Crippen LogP contribution in [0.2, 0.25) is 0 Å². The maximum atomic E-state index is 12.9. The molecule has 150 valence electrons. The molecule has 2 rings (SSSR count). The minimum Gasteiger partial charge on any atom is -0.454 e. The zero-order valence-corrected chi connectivity index (χ0v) is 16.8. The highest BCUT2D eigenvalue weighted by molar-refractivity contribution is 7.89. The normalized spacial score (nSPS) is 15.6. The van der Waals surface area contributed by atoms with Crippen LogP contribution >= 0.6 is 0 Å². The minimum absolute atomic E-state index is 0.189. The van der Waals surface area contributed by atoms with Gasteiger partial charge in [-0.15, -0.1) is 0 Å². The largest absolute Gasteiger partial charge is 0.454 e. The van der Waals surface area contributed by atoms with Crippen LogP contribution in [0.15, 0.2) is 23.1 Å². The molecule has 0 bridgehead atoms. The fraction of sp³-hybridized carbons (Fsp3) is 0.556. The summed E-state index contributed by atoms with van der Waals surface area (Å²) in [6.45, 7) is 6.12. The summed E-state index contributed by atoms with van der Waals surface area (Å²) in [7, 11) is -3.61. The number of rotatable bonds is 7. The van der Waals surface area contributed by atoms with E-state index in [1.807, 2.05) is 13.0 Å². The first-order valence-corrected chi connectivity index (χ1v) is 10.3. The van der Waals surface area contributed by atoms with Gasteiger partial charge in [-0.05, 0) is 38.0 Å². The van der Waals surface area contributed by atoms with E-state index in [4.69, 9.17) is 9.47 Å². The number of amides is 1. The molecule has 0 saturated carbocycles. The van der Waals surface area contributed by atoms with Gasteiger partial charge in [0.25, 0.3) is 5.91 Å². The fourth-order valence-electron chi connectivity index (χ4n) is 2.76. The van der Waals surface area contributed by atoms with Gasteiger partial charge in [0.05, 0.1) is 4.90 Å². The van der Waals surface area contributed by atoms with Gasteiger partial charge in [-0.2, -0.15) is 4.31 Å². The number of nitrogens with zero attached hydrogens (tertiary/aromatic N) is 2. The number of carbonyl (C=O) groups excluding carboxylic acids is 2. The molecule has 27 heavy (non-hydrogen) atoms. The Bertz CT molecular complexity index is 785. The number of piperazine rings is 1. The van der Waals surface area contributed by atoms with Crippen LogP contribution in [0.1, 0.15) is 18.1 Å². The first-order valence-electron chi connectivity index (χ1n) is 8.84. The van der Waals surface area contributed by atoms with E-state index < -0.39 is 16.0 Å². The second-order valence-corrected chi connectivity index (χ2v) is 8.26. The van der Waals surface area contributed by atoms with E-state index >= 15 is 0 Å². The first-order chi connectivity index (χ1) is 12.8. The minimum atomic E-state index is -3.61. The highest BCUT2D eigenvalue weighted by Crippen LogP contribution is 2.22. The first kappa shape index (κ1) is 21.3. The summed E-state index contributed by atoms with van der Waals surface area (Å²) in [6, 6.07) is 5.33. The van der Waals surface area contributed by atoms with Crippen LogP contribution in [0.5, 0.6) is 0 Å². The van der Waals surface area contributed by atoms with Gasteiger partial charge in [-0.25, -0.2) is 13.2 Å². The van der Waals surface area contributed by atoms with Gasteiger partial charge in [-0.3, -0.25) is 4.79 Å². The third-order valence-corrected chi connectivity index (χ3v) is 6.37. The molecule has 0 aliphatic carbocycles. The standard InChI is InChI=1S/C18H26N2O6S/c1-4-25-13-18(22)26-12-17(21)19-7-9-20(10-8-19)27(23,24)16-11-14(2)5-6-15(16)3/h5-6,11H,4,7-10,12-13H2,1-3H3. The molecule has 9 heteroatoms. The van der Waals surface area contributed by atoms with E-state index in [2.05, 4.69) is 0 Å². The molecular weight excluding hydrogens is 372 g/mol. The lowest BCUT2D eigenvalue weighted by Crippen LogP contribution is -2.51. The smallest absolute Gasteiger partial charge is 0.332 e. The van der Waals surface area contributed by atoms with Crippen LogP contribution in [0.4, 0.5) is 0 Å². The summed E-state index contributed by atoms with van der Waals surface area (Å²) in [4.78, 5) is 25.3. The van der Waals surface area contributed by atoms with Gasteiger partial charge in [0, 0.05) is 32.8 Å².